The number of hydrogen-bond acceptors (Lipinski definition) is 3. The molecule has 1 aliphatic heterocycles. The molecule has 0 aliphatic carbocycles. The van der Waals surface area contributed by atoms with Gasteiger partial charge in [-0.2, -0.15) is 4.31 Å². The highest BCUT2D eigenvalue weighted by atomic mass is 35.5. The maximum Gasteiger partial charge on any atom is 0.243 e. The molecule has 8 heteroatoms. The molecule has 0 saturated carbocycles. The largest absolute Gasteiger partial charge is 0.326 e. The Balaban J connectivity index is 0.00000162. The topological polar surface area (TPSA) is 63.4 Å². The summed E-state index contributed by atoms with van der Waals surface area (Å²) in [4.78, 5) is -0.128. The van der Waals surface area contributed by atoms with Crippen LogP contribution in [0.25, 0.3) is 0 Å². The summed E-state index contributed by atoms with van der Waals surface area (Å²) >= 11 is 5.64. The van der Waals surface area contributed by atoms with Gasteiger partial charge in [-0.25, -0.2) is 12.8 Å². The van der Waals surface area contributed by atoms with Gasteiger partial charge in [0.05, 0.1) is 4.90 Å². The molecule has 2 rings (SSSR count). The quantitative estimate of drug-likeness (QED) is 0.902. The van der Waals surface area contributed by atoms with Crippen LogP contribution in [0.1, 0.15) is 6.42 Å². The Kier molecular flexibility index (Phi) is 4.97. The maximum atomic E-state index is 13.1. The number of rotatable bonds is 2. The molecule has 1 heterocycles. The highest BCUT2D eigenvalue weighted by Crippen LogP contribution is 2.24. The molecule has 1 fully saturated rings. The summed E-state index contributed by atoms with van der Waals surface area (Å²) in [6, 6.07) is 3.11. The molecule has 18 heavy (non-hydrogen) atoms. The molecule has 102 valence electrons. The van der Waals surface area contributed by atoms with E-state index < -0.39 is 15.8 Å². The zero-order valence-electron chi connectivity index (χ0n) is 9.34. The molecular weight excluding hydrogens is 302 g/mol. The van der Waals surface area contributed by atoms with Crippen LogP contribution in [-0.4, -0.2) is 31.9 Å². The first-order valence-corrected chi connectivity index (χ1v) is 6.93. The molecular formula is C10H13Cl2FN2O2S. The van der Waals surface area contributed by atoms with Crippen LogP contribution in [0.15, 0.2) is 23.1 Å². The second-order valence-electron chi connectivity index (χ2n) is 4.02. The molecule has 1 saturated heterocycles. The van der Waals surface area contributed by atoms with Crippen LogP contribution in [0.5, 0.6) is 0 Å². The third-order valence-electron chi connectivity index (χ3n) is 2.66. The third kappa shape index (κ3) is 3.13. The first kappa shape index (κ1) is 15.7. The molecule has 1 aromatic carbocycles. The lowest BCUT2D eigenvalue weighted by molar-refractivity contribution is 0.471. The van der Waals surface area contributed by atoms with Crippen LogP contribution in [-0.2, 0) is 10.0 Å². The predicted molar refractivity (Wildman–Crippen MR) is 70.0 cm³/mol. The first-order valence-electron chi connectivity index (χ1n) is 5.11. The minimum absolute atomic E-state index is 0. The van der Waals surface area contributed by atoms with Crippen molar-refractivity contribution in [1.82, 2.24) is 4.31 Å². The Morgan fingerprint density at radius 3 is 2.56 bits per heavy atom. The molecule has 0 aromatic heterocycles. The van der Waals surface area contributed by atoms with Gasteiger partial charge in [-0.3, -0.25) is 0 Å². The Morgan fingerprint density at radius 2 is 2.06 bits per heavy atom. The van der Waals surface area contributed by atoms with Crippen LogP contribution < -0.4 is 5.73 Å². The predicted octanol–water partition coefficient (Wildman–Crippen LogP) is 1.62. The fourth-order valence-electron chi connectivity index (χ4n) is 1.80. The van der Waals surface area contributed by atoms with Crippen molar-refractivity contribution in [3.05, 3.63) is 29.0 Å². The number of nitrogens with zero attached hydrogens (tertiary/aromatic N) is 1. The summed E-state index contributed by atoms with van der Waals surface area (Å²) in [5, 5.41) is 0.0621. The highest BCUT2D eigenvalue weighted by molar-refractivity contribution is 7.89. The van der Waals surface area contributed by atoms with Gasteiger partial charge in [0.15, 0.2) is 0 Å². The lowest BCUT2D eigenvalue weighted by Crippen LogP contribution is -2.32. The van der Waals surface area contributed by atoms with Crippen molar-refractivity contribution in [2.75, 3.05) is 13.1 Å². The summed E-state index contributed by atoms with van der Waals surface area (Å²) in [5.41, 5.74) is 5.65. The van der Waals surface area contributed by atoms with E-state index in [0.29, 0.717) is 13.0 Å². The van der Waals surface area contributed by atoms with Crippen molar-refractivity contribution in [2.45, 2.75) is 17.4 Å². The van der Waals surface area contributed by atoms with Crippen LogP contribution in [0.2, 0.25) is 5.02 Å². The van der Waals surface area contributed by atoms with Gasteiger partial charge in [-0.15, -0.1) is 12.4 Å². The average Bonchev–Trinajstić information content (AvgIpc) is 2.64. The molecule has 0 spiro atoms. The second-order valence-corrected chi connectivity index (χ2v) is 6.39. The van der Waals surface area contributed by atoms with E-state index in [1.807, 2.05) is 0 Å². The molecule has 0 amide bonds. The zero-order chi connectivity index (χ0) is 12.6. The number of benzene rings is 1. The van der Waals surface area contributed by atoms with E-state index in [-0.39, 0.29) is 34.9 Å². The molecule has 1 atom stereocenters. The Hall–Kier alpha value is -0.400. The average molecular weight is 315 g/mol. The highest BCUT2D eigenvalue weighted by Gasteiger charge is 2.31. The Bertz CT molecular complexity index is 518. The smallest absolute Gasteiger partial charge is 0.243 e. The van der Waals surface area contributed by atoms with Crippen LogP contribution >= 0.6 is 24.0 Å². The van der Waals surface area contributed by atoms with Gasteiger partial charge >= 0.3 is 0 Å². The summed E-state index contributed by atoms with van der Waals surface area (Å²) in [5.74, 6) is -0.667. The van der Waals surface area contributed by atoms with E-state index in [0.717, 1.165) is 12.1 Å². The van der Waals surface area contributed by atoms with Gasteiger partial charge in [0, 0.05) is 24.2 Å². The fraction of sp³-hybridized carbons (Fsp3) is 0.400. The van der Waals surface area contributed by atoms with E-state index in [1.165, 1.54) is 10.4 Å². The SMILES string of the molecule is Cl.N[C@@H]1CCN(S(=O)(=O)c2cc(F)cc(Cl)c2)C1. The minimum atomic E-state index is -3.69. The van der Waals surface area contributed by atoms with Crippen LogP contribution in [0.4, 0.5) is 4.39 Å². The standard InChI is InChI=1S/C10H12ClFN2O2S.ClH/c11-7-3-8(12)5-10(4-7)17(15,16)14-2-1-9(13)6-14;/h3-5,9H,1-2,6,13H2;1H/t9-;/m1./s1. The van der Waals surface area contributed by atoms with Crippen molar-refractivity contribution in [2.24, 2.45) is 5.73 Å². The van der Waals surface area contributed by atoms with Crippen molar-refractivity contribution in [3.63, 3.8) is 0 Å². The van der Waals surface area contributed by atoms with E-state index >= 15 is 0 Å². The van der Waals surface area contributed by atoms with Gasteiger partial charge in [0.25, 0.3) is 0 Å². The Morgan fingerprint density at radius 1 is 1.39 bits per heavy atom. The van der Waals surface area contributed by atoms with Crippen molar-refractivity contribution in [3.8, 4) is 0 Å². The number of hydrogen-bond donors (Lipinski definition) is 1. The van der Waals surface area contributed by atoms with Gasteiger partial charge in [0.2, 0.25) is 10.0 Å². The summed E-state index contributed by atoms with van der Waals surface area (Å²) in [7, 11) is -3.69. The molecule has 1 aliphatic rings. The molecule has 0 bridgehead atoms. The summed E-state index contributed by atoms with van der Waals surface area (Å²) in [6.07, 6.45) is 0.613. The maximum absolute atomic E-state index is 13.1. The van der Waals surface area contributed by atoms with Crippen molar-refractivity contribution in [1.29, 1.82) is 0 Å². The molecule has 2 N–H and O–H groups in total. The number of halogens is 3. The second kappa shape index (κ2) is 5.71. The zero-order valence-corrected chi connectivity index (χ0v) is 11.7. The molecule has 0 unspecified atom stereocenters. The third-order valence-corrected chi connectivity index (χ3v) is 4.72. The number of sulfonamides is 1. The van der Waals surface area contributed by atoms with Gasteiger partial charge < -0.3 is 5.73 Å². The van der Waals surface area contributed by atoms with E-state index in [2.05, 4.69) is 0 Å². The monoisotopic (exact) mass is 314 g/mol. The van der Waals surface area contributed by atoms with Gasteiger partial charge in [-0.05, 0) is 24.6 Å². The minimum Gasteiger partial charge on any atom is -0.326 e. The number of nitrogens with two attached hydrogens (primary N) is 1. The van der Waals surface area contributed by atoms with Crippen LogP contribution in [0.3, 0.4) is 0 Å². The molecule has 1 aromatic rings. The van der Waals surface area contributed by atoms with Crippen LogP contribution in [0, 0.1) is 5.82 Å². The lowest BCUT2D eigenvalue weighted by atomic mass is 10.3. The van der Waals surface area contributed by atoms with E-state index in [9.17, 15) is 12.8 Å². The fourth-order valence-corrected chi connectivity index (χ4v) is 3.65. The van der Waals surface area contributed by atoms with Gasteiger partial charge in [0.1, 0.15) is 5.82 Å². The molecule has 4 nitrogen and oxygen atoms in total. The van der Waals surface area contributed by atoms with E-state index in [4.69, 9.17) is 17.3 Å². The summed E-state index contributed by atoms with van der Waals surface area (Å²) < 4.78 is 38.6. The van der Waals surface area contributed by atoms with Gasteiger partial charge in [-0.1, -0.05) is 11.6 Å². The summed E-state index contributed by atoms with van der Waals surface area (Å²) in [6.45, 7) is 0.619. The van der Waals surface area contributed by atoms with Crippen molar-refractivity contribution < 1.29 is 12.8 Å². The Labute approximate surface area is 116 Å². The first-order chi connectivity index (χ1) is 7.89. The normalized spacial score (nSPS) is 20.7. The lowest BCUT2D eigenvalue weighted by Gasteiger charge is -2.16. The van der Waals surface area contributed by atoms with E-state index in [1.54, 1.807) is 0 Å². The van der Waals surface area contributed by atoms with Crippen molar-refractivity contribution >= 4 is 34.0 Å². The molecule has 0 radical (unpaired) electrons.